The predicted octanol–water partition coefficient (Wildman–Crippen LogP) is 4.16. The van der Waals surface area contributed by atoms with E-state index in [1.54, 1.807) is 6.07 Å². The van der Waals surface area contributed by atoms with Gasteiger partial charge in [-0.1, -0.05) is 15.9 Å². The summed E-state index contributed by atoms with van der Waals surface area (Å²) in [6.45, 7) is 0.546. The van der Waals surface area contributed by atoms with Crippen LogP contribution in [0.25, 0.3) is 0 Å². The Bertz CT molecular complexity index is 567. The van der Waals surface area contributed by atoms with Crippen LogP contribution < -0.4 is 5.32 Å². The van der Waals surface area contributed by atoms with Crippen LogP contribution in [0.2, 0.25) is 0 Å². The first-order chi connectivity index (χ1) is 9.04. The molecule has 0 saturated heterocycles. The largest absolute Gasteiger partial charge is 0.309 e. The summed E-state index contributed by atoms with van der Waals surface area (Å²) in [5.74, 6) is -1.29. The van der Waals surface area contributed by atoms with Gasteiger partial charge in [0.25, 0.3) is 0 Å². The maximum absolute atomic E-state index is 13.3. The van der Waals surface area contributed by atoms with Crippen LogP contribution in [-0.4, -0.2) is 0 Å². The lowest BCUT2D eigenvalue weighted by molar-refractivity contribution is 0.567. The molecule has 0 fully saturated rings. The van der Waals surface area contributed by atoms with Crippen LogP contribution >= 0.6 is 15.9 Å². The second kappa shape index (κ2) is 6.21. The van der Waals surface area contributed by atoms with E-state index in [-0.39, 0.29) is 17.9 Å². The van der Waals surface area contributed by atoms with Gasteiger partial charge in [-0.3, -0.25) is 0 Å². The van der Waals surface area contributed by atoms with E-state index in [2.05, 4.69) is 21.2 Å². The van der Waals surface area contributed by atoms with Gasteiger partial charge in [0, 0.05) is 23.1 Å². The molecule has 0 saturated carbocycles. The van der Waals surface area contributed by atoms with Crippen molar-refractivity contribution in [2.45, 2.75) is 13.1 Å². The Morgan fingerprint density at radius 2 is 1.68 bits per heavy atom. The second-order valence-corrected chi connectivity index (χ2v) is 5.03. The summed E-state index contributed by atoms with van der Waals surface area (Å²) >= 11 is 3.19. The van der Waals surface area contributed by atoms with Gasteiger partial charge in [0.1, 0.15) is 17.5 Å². The summed E-state index contributed by atoms with van der Waals surface area (Å²) in [5.41, 5.74) is 0.971. The Balaban J connectivity index is 1.98. The van der Waals surface area contributed by atoms with Crippen LogP contribution in [0.5, 0.6) is 0 Å². The monoisotopic (exact) mass is 329 g/mol. The van der Waals surface area contributed by atoms with E-state index in [0.29, 0.717) is 11.0 Å². The van der Waals surface area contributed by atoms with E-state index >= 15 is 0 Å². The third-order valence-corrected chi connectivity index (χ3v) is 3.03. The molecule has 0 amide bonds. The number of hydrogen-bond donors (Lipinski definition) is 1. The highest BCUT2D eigenvalue weighted by Gasteiger charge is 2.04. The van der Waals surface area contributed by atoms with Gasteiger partial charge in [-0.25, -0.2) is 13.2 Å². The summed E-state index contributed by atoms with van der Waals surface area (Å²) in [6, 6.07) is 7.81. The van der Waals surface area contributed by atoms with Crippen LogP contribution in [0.15, 0.2) is 40.9 Å². The first-order valence-electron chi connectivity index (χ1n) is 5.64. The SMILES string of the molecule is Fc1cc(Br)cc(CNCc2cc(F)ccc2F)c1. The summed E-state index contributed by atoms with van der Waals surface area (Å²) in [5, 5.41) is 2.95. The van der Waals surface area contributed by atoms with Crippen molar-refractivity contribution in [2.24, 2.45) is 0 Å². The normalized spacial score (nSPS) is 10.7. The maximum atomic E-state index is 13.3. The Morgan fingerprint density at radius 3 is 2.42 bits per heavy atom. The van der Waals surface area contributed by atoms with E-state index in [1.165, 1.54) is 12.1 Å². The minimum absolute atomic E-state index is 0.178. The predicted molar refractivity (Wildman–Crippen MR) is 71.0 cm³/mol. The maximum Gasteiger partial charge on any atom is 0.127 e. The number of rotatable bonds is 4. The van der Waals surface area contributed by atoms with Crippen molar-refractivity contribution in [3.63, 3.8) is 0 Å². The van der Waals surface area contributed by atoms with E-state index in [1.807, 2.05) is 0 Å². The fraction of sp³-hybridized carbons (Fsp3) is 0.143. The van der Waals surface area contributed by atoms with Crippen molar-refractivity contribution >= 4 is 15.9 Å². The van der Waals surface area contributed by atoms with E-state index < -0.39 is 11.6 Å². The molecule has 0 atom stereocenters. The third kappa shape index (κ3) is 4.08. The minimum atomic E-state index is -0.480. The Hall–Kier alpha value is -1.33. The van der Waals surface area contributed by atoms with Crippen molar-refractivity contribution in [1.29, 1.82) is 0 Å². The molecule has 0 aromatic heterocycles. The zero-order valence-electron chi connectivity index (χ0n) is 9.89. The van der Waals surface area contributed by atoms with E-state index in [9.17, 15) is 13.2 Å². The summed E-state index contributed by atoms with van der Waals surface area (Å²) < 4.78 is 40.1. The first kappa shape index (κ1) is 14.1. The number of benzene rings is 2. The molecule has 0 heterocycles. The lowest BCUT2D eigenvalue weighted by Crippen LogP contribution is -2.14. The zero-order valence-corrected chi connectivity index (χ0v) is 11.5. The highest BCUT2D eigenvalue weighted by Crippen LogP contribution is 2.15. The van der Waals surface area contributed by atoms with Crippen molar-refractivity contribution < 1.29 is 13.2 Å². The Morgan fingerprint density at radius 1 is 0.895 bits per heavy atom. The lowest BCUT2D eigenvalue weighted by atomic mass is 10.2. The zero-order chi connectivity index (χ0) is 13.8. The van der Waals surface area contributed by atoms with Crippen LogP contribution in [0.1, 0.15) is 11.1 Å². The summed E-state index contributed by atoms with van der Waals surface area (Å²) in [6.07, 6.45) is 0. The molecule has 0 bridgehead atoms. The molecule has 5 heteroatoms. The molecule has 0 radical (unpaired) electrons. The van der Waals surface area contributed by atoms with Crippen LogP contribution in [0.4, 0.5) is 13.2 Å². The average Bonchev–Trinajstić information content (AvgIpc) is 2.32. The van der Waals surface area contributed by atoms with Gasteiger partial charge < -0.3 is 5.32 Å². The fourth-order valence-electron chi connectivity index (χ4n) is 1.73. The highest BCUT2D eigenvalue weighted by molar-refractivity contribution is 9.10. The Labute approximate surface area is 117 Å². The summed E-state index contributed by atoms with van der Waals surface area (Å²) in [4.78, 5) is 0. The molecule has 0 spiro atoms. The average molecular weight is 330 g/mol. The molecule has 0 aliphatic carbocycles. The molecule has 0 aliphatic rings. The van der Waals surface area contributed by atoms with Gasteiger partial charge in [0.05, 0.1) is 0 Å². The molecule has 0 unspecified atom stereocenters. The standard InChI is InChI=1S/C14H11BrF3N/c15-11-3-9(4-13(17)6-11)7-19-8-10-5-12(16)1-2-14(10)18/h1-6,19H,7-8H2. The second-order valence-electron chi connectivity index (χ2n) is 4.12. The van der Waals surface area contributed by atoms with Gasteiger partial charge in [0.2, 0.25) is 0 Å². The van der Waals surface area contributed by atoms with Crippen molar-refractivity contribution in [2.75, 3.05) is 0 Å². The molecular formula is C14H11BrF3N. The van der Waals surface area contributed by atoms with E-state index in [0.717, 1.165) is 23.8 Å². The fourth-order valence-corrected chi connectivity index (χ4v) is 2.25. The number of hydrogen-bond acceptors (Lipinski definition) is 1. The third-order valence-electron chi connectivity index (χ3n) is 2.57. The van der Waals surface area contributed by atoms with Crippen LogP contribution in [-0.2, 0) is 13.1 Å². The first-order valence-corrected chi connectivity index (χ1v) is 6.43. The van der Waals surface area contributed by atoms with Crippen LogP contribution in [0.3, 0.4) is 0 Å². The molecule has 100 valence electrons. The molecular weight excluding hydrogens is 319 g/mol. The quantitative estimate of drug-likeness (QED) is 0.888. The van der Waals surface area contributed by atoms with Crippen molar-refractivity contribution in [3.8, 4) is 0 Å². The molecule has 1 N–H and O–H groups in total. The van der Waals surface area contributed by atoms with Crippen molar-refractivity contribution in [1.82, 2.24) is 5.32 Å². The van der Waals surface area contributed by atoms with E-state index in [4.69, 9.17) is 0 Å². The molecule has 2 aromatic carbocycles. The smallest absolute Gasteiger partial charge is 0.127 e. The number of halogens is 4. The minimum Gasteiger partial charge on any atom is -0.309 e. The van der Waals surface area contributed by atoms with Gasteiger partial charge in [-0.05, 0) is 42.0 Å². The van der Waals surface area contributed by atoms with Gasteiger partial charge in [0.15, 0.2) is 0 Å². The molecule has 19 heavy (non-hydrogen) atoms. The van der Waals surface area contributed by atoms with Crippen molar-refractivity contribution in [3.05, 3.63) is 69.4 Å². The Kier molecular flexibility index (Phi) is 4.61. The summed E-state index contributed by atoms with van der Waals surface area (Å²) in [7, 11) is 0. The topological polar surface area (TPSA) is 12.0 Å². The number of nitrogens with one attached hydrogen (secondary N) is 1. The molecule has 2 aromatic rings. The lowest BCUT2D eigenvalue weighted by Gasteiger charge is -2.07. The molecule has 0 aliphatic heterocycles. The van der Waals surface area contributed by atoms with Gasteiger partial charge in [-0.15, -0.1) is 0 Å². The van der Waals surface area contributed by atoms with Gasteiger partial charge in [-0.2, -0.15) is 0 Å². The molecule has 1 nitrogen and oxygen atoms in total. The molecule has 2 rings (SSSR count). The highest BCUT2D eigenvalue weighted by atomic mass is 79.9. The van der Waals surface area contributed by atoms with Gasteiger partial charge >= 0.3 is 0 Å². The van der Waals surface area contributed by atoms with Crippen LogP contribution in [0, 0.1) is 17.5 Å².